The van der Waals surface area contributed by atoms with Crippen LogP contribution in [0, 0.1) is 0 Å². The zero-order valence-corrected chi connectivity index (χ0v) is 5.03. The summed E-state index contributed by atoms with van der Waals surface area (Å²) in [7, 11) is 0. The largest absolute Gasteiger partial charge is 0.396 e. The first-order chi connectivity index (χ1) is 4.00. The van der Waals surface area contributed by atoms with E-state index in [9.17, 15) is 13.6 Å². The van der Waals surface area contributed by atoms with Gasteiger partial charge in [-0.25, -0.2) is 0 Å². The number of hydrogen-bond acceptors (Lipinski definition) is 2. The summed E-state index contributed by atoms with van der Waals surface area (Å²) in [6, 6.07) is 0. The number of carbonyl (C=O) groups excluding carboxylic acids is 1. The minimum absolute atomic E-state index is 0.660. The molecule has 0 heterocycles. The Kier molecular flexibility index (Phi) is 2.70. The van der Waals surface area contributed by atoms with Gasteiger partial charge >= 0.3 is 5.92 Å². The molecule has 0 amide bonds. The van der Waals surface area contributed by atoms with Crippen LogP contribution in [0.15, 0.2) is 0 Å². The van der Waals surface area contributed by atoms with Crippen LogP contribution in [0.5, 0.6) is 0 Å². The lowest BCUT2D eigenvalue weighted by Gasteiger charge is -2.08. The minimum atomic E-state index is -3.34. The van der Waals surface area contributed by atoms with E-state index in [0.29, 0.717) is 0 Å². The molecule has 0 fully saturated rings. The van der Waals surface area contributed by atoms with Crippen molar-refractivity contribution in [1.82, 2.24) is 0 Å². The Morgan fingerprint density at radius 2 is 2.11 bits per heavy atom. The number of aliphatic hydroxyl groups excluding tert-OH is 1. The normalized spacial score (nSPS) is 11.6. The Hall–Kier alpha value is -0.510. The van der Waals surface area contributed by atoms with Crippen LogP contribution in [0.4, 0.5) is 8.78 Å². The van der Waals surface area contributed by atoms with Gasteiger partial charge in [-0.15, -0.1) is 0 Å². The molecule has 0 unspecified atom stereocenters. The van der Waals surface area contributed by atoms with Crippen molar-refractivity contribution in [3.05, 3.63) is 0 Å². The van der Waals surface area contributed by atoms with Gasteiger partial charge in [0.15, 0.2) is 5.78 Å². The molecule has 0 aliphatic rings. The van der Waals surface area contributed by atoms with Crippen LogP contribution in [0.3, 0.4) is 0 Å². The summed E-state index contributed by atoms with van der Waals surface area (Å²) in [6.45, 7) is 0.141. The van der Waals surface area contributed by atoms with Crippen molar-refractivity contribution in [2.45, 2.75) is 19.3 Å². The second kappa shape index (κ2) is 2.87. The highest BCUT2D eigenvalue weighted by Gasteiger charge is 2.33. The number of carbonyl (C=O) groups is 1. The van der Waals surface area contributed by atoms with E-state index in [2.05, 4.69) is 0 Å². The van der Waals surface area contributed by atoms with Gasteiger partial charge in [-0.1, -0.05) is 0 Å². The van der Waals surface area contributed by atoms with E-state index in [-0.39, 0.29) is 0 Å². The van der Waals surface area contributed by atoms with E-state index in [1.807, 2.05) is 0 Å². The Labute approximate surface area is 51.5 Å². The molecule has 0 bridgehead atoms. The van der Waals surface area contributed by atoms with Crippen LogP contribution in [0.25, 0.3) is 0 Å². The molecule has 0 atom stereocenters. The molecule has 0 aliphatic carbocycles. The number of halogens is 2. The first-order valence-electron chi connectivity index (χ1n) is 2.50. The number of Topliss-reactive ketones (excluding diaryl/α,β-unsaturated/α-hetero) is 1. The SMILES string of the molecule is CC(=O)C(F)(F)CCO. The lowest BCUT2D eigenvalue weighted by Crippen LogP contribution is -2.26. The number of rotatable bonds is 3. The maximum atomic E-state index is 12.0. The van der Waals surface area contributed by atoms with E-state index in [1.165, 1.54) is 0 Å². The van der Waals surface area contributed by atoms with Crippen molar-refractivity contribution < 1.29 is 18.7 Å². The molecular weight excluding hydrogens is 130 g/mol. The third-order valence-corrected chi connectivity index (χ3v) is 0.941. The Balaban J connectivity index is 3.85. The summed E-state index contributed by atoms with van der Waals surface area (Å²) < 4.78 is 24.1. The van der Waals surface area contributed by atoms with Crippen molar-refractivity contribution in [1.29, 1.82) is 0 Å². The van der Waals surface area contributed by atoms with Gasteiger partial charge in [0.2, 0.25) is 0 Å². The zero-order valence-electron chi connectivity index (χ0n) is 5.03. The topological polar surface area (TPSA) is 37.3 Å². The standard InChI is InChI=1S/C5H8F2O2/c1-4(9)5(6,7)2-3-8/h8H,2-3H2,1H3. The van der Waals surface area contributed by atoms with Crippen molar-refractivity contribution in [3.63, 3.8) is 0 Å². The van der Waals surface area contributed by atoms with Gasteiger partial charge < -0.3 is 5.11 Å². The molecule has 0 aromatic carbocycles. The van der Waals surface area contributed by atoms with Crippen molar-refractivity contribution in [3.8, 4) is 0 Å². The fourth-order valence-corrected chi connectivity index (χ4v) is 0.316. The lowest BCUT2D eigenvalue weighted by molar-refractivity contribution is -0.142. The van der Waals surface area contributed by atoms with Gasteiger partial charge in [-0.05, 0) is 0 Å². The van der Waals surface area contributed by atoms with Gasteiger partial charge in [-0.3, -0.25) is 4.79 Å². The zero-order chi connectivity index (χ0) is 7.49. The summed E-state index contributed by atoms with van der Waals surface area (Å²) in [5.74, 6) is -4.54. The Morgan fingerprint density at radius 1 is 1.67 bits per heavy atom. The number of hydrogen-bond donors (Lipinski definition) is 1. The monoisotopic (exact) mass is 138 g/mol. The van der Waals surface area contributed by atoms with Gasteiger partial charge in [0.25, 0.3) is 0 Å². The van der Waals surface area contributed by atoms with Crippen LogP contribution in [-0.2, 0) is 4.79 Å². The molecule has 0 spiro atoms. The summed E-state index contributed by atoms with van der Waals surface area (Å²) in [4.78, 5) is 9.99. The Morgan fingerprint density at radius 3 is 2.22 bits per heavy atom. The molecule has 4 heteroatoms. The maximum Gasteiger partial charge on any atom is 0.307 e. The molecule has 54 valence electrons. The predicted octanol–water partition coefficient (Wildman–Crippen LogP) is 0.593. The van der Waals surface area contributed by atoms with E-state index in [0.717, 1.165) is 6.92 Å². The molecule has 0 aromatic heterocycles. The van der Waals surface area contributed by atoms with Crippen molar-refractivity contribution in [2.24, 2.45) is 0 Å². The third kappa shape index (κ3) is 2.51. The average molecular weight is 138 g/mol. The van der Waals surface area contributed by atoms with Crippen LogP contribution < -0.4 is 0 Å². The van der Waals surface area contributed by atoms with Crippen molar-refractivity contribution in [2.75, 3.05) is 6.61 Å². The first-order valence-corrected chi connectivity index (χ1v) is 2.50. The lowest BCUT2D eigenvalue weighted by atomic mass is 10.2. The highest BCUT2D eigenvalue weighted by Crippen LogP contribution is 2.17. The molecular formula is C5H8F2O2. The maximum absolute atomic E-state index is 12.0. The molecule has 1 N–H and O–H groups in total. The fraction of sp³-hybridized carbons (Fsp3) is 0.800. The molecule has 0 aromatic rings. The Bertz CT molecular complexity index is 112. The van der Waals surface area contributed by atoms with Crippen LogP contribution in [0.1, 0.15) is 13.3 Å². The highest BCUT2D eigenvalue weighted by molar-refractivity contribution is 5.82. The first kappa shape index (κ1) is 8.49. The number of ketones is 1. The molecule has 0 saturated heterocycles. The molecule has 0 aliphatic heterocycles. The van der Waals surface area contributed by atoms with Gasteiger partial charge in [-0.2, -0.15) is 8.78 Å². The highest BCUT2D eigenvalue weighted by atomic mass is 19.3. The molecule has 0 rings (SSSR count). The fourth-order valence-electron chi connectivity index (χ4n) is 0.316. The molecule has 2 nitrogen and oxygen atoms in total. The van der Waals surface area contributed by atoms with E-state index in [4.69, 9.17) is 5.11 Å². The smallest absolute Gasteiger partial charge is 0.307 e. The van der Waals surface area contributed by atoms with Crippen LogP contribution in [-0.4, -0.2) is 23.4 Å². The molecule has 0 radical (unpaired) electrons. The predicted molar refractivity (Wildman–Crippen MR) is 27.3 cm³/mol. The van der Waals surface area contributed by atoms with Gasteiger partial charge in [0, 0.05) is 20.0 Å². The van der Waals surface area contributed by atoms with Crippen molar-refractivity contribution >= 4 is 5.78 Å². The van der Waals surface area contributed by atoms with Crippen LogP contribution in [0.2, 0.25) is 0 Å². The second-order valence-electron chi connectivity index (χ2n) is 1.73. The van der Waals surface area contributed by atoms with Gasteiger partial charge in [0.05, 0.1) is 0 Å². The number of alkyl halides is 2. The number of aliphatic hydroxyl groups is 1. The molecule has 9 heavy (non-hydrogen) atoms. The minimum Gasteiger partial charge on any atom is -0.396 e. The summed E-state index contributed by atoms with van der Waals surface area (Å²) >= 11 is 0. The van der Waals surface area contributed by atoms with E-state index in [1.54, 1.807) is 0 Å². The summed E-state index contributed by atoms with van der Waals surface area (Å²) in [6.07, 6.45) is -0.775. The van der Waals surface area contributed by atoms with Gasteiger partial charge in [0.1, 0.15) is 0 Å². The van der Waals surface area contributed by atoms with Crippen LogP contribution >= 0.6 is 0 Å². The summed E-state index contributed by atoms with van der Waals surface area (Å²) in [5, 5.41) is 8.02. The van der Waals surface area contributed by atoms with E-state index >= 15 is 0 Å². The second-order valence-corrected chi connectivity index (χ2v) is 1.73. The summed E-state index contributed by atoms with van der Waals surface area (Å²) in [5.41, 5.74) is 0. The van der Waals surface area contributed by atoms with E-state index < -0.39 is 24.7 Å². The quantitative estimate of drug-likeness (QED) is 0.619. The third-order valence-electron chi connectivity index (χ3n) is 0.941. The average Bonchev–Trinajstić information content (AvgIpc) is 1.65. The molecule has 0 saturated carbocycles.